The van der Waals surface area contributed by atoms with E-state index in [1.54, 1.807) is 22.9 Å². The molecule has 118 valence electrons. The Bertz CT molecular complexity index is 703. The van der Waals surface area contributed by atoms with Gasteiger partial charge in [-0.25, -0.2) is 4.98 Å². The SMILES string of the molecule is O=C(Cc1cn2cc(Cl)cc(Cl)c2n1)NCC1CNCC1O. The zero-order valence-electron chi connectivity index (χ0n) is 11.7. The first kappa shape index (κ1) is 15.6. The van der Waals surface area contributed by atoms with E-state index in [2.05, 4.69) is 15.6 Å². The van der Waals surface area contributed by atoms with Crippen molar-refractivity contribution in [3.63, 3.8) is 0 Å². The number of carbonyl (C=O) groups is 1. The molecule has 2 unspecified atom stereocenters. The molecule has 0 spiro atoms. The number of fused-ring (bicyclic) bond motifs is 1. The lowest BCUT2D eigenvalue weighted by atomic mass is 10.1. The summed E-state index contributed by atoms with van der Waals surface area (Å²) in [5.41, 5.74) is 1.19. The van der Waals surface area contributed by atoms with Crippen LogP contribution in [0.3, 0.4) is 0 Å². The number of imidazole rings is 1. The largest absolute Gasteiger partial charge is 0.391 e. The zero-order chi connectivity index (χ0) is 15.7. The molecule has 1 aliphatic rings. The van der Waals surface area contributed by atoms with Gasteiger partial charge in [-0.15, -0.1) is 0 Å². The van der Waals surface area contributed by atoms with Crippen LogP contribution in [0.15, 0.2) is 18.5 Å². The Morgan fingerprint density at radius 2 is 2.27 bits per heavy atom. The van der Waals surface area contributed by atoms with Crippen molar-refractivity contribution in [2.75, 3.05) is 19.6 Å². The summed E-state index contributed by atoms with van der Waals surface area (Å²) in [7, 11) is 0. The Morgan fingerprint density at radius 1 is 1.45 bits per heavy atom. The van der Waals surface area contributed by atoms with Gasteiger partial charge in [0.2, 0.25) is 5.91 Å². The highest BCUT2D eigenvalue weighted by molar-refractivity contribution is 6.36. The van der Waals surface area contributed by atoms with Crippen molar-refractivity contribution >= 4 is 34.8 Å². The maximum absolute atomic E-state index is 12.0. The van der Waals surface area contributed by atoms with Gasteiger partial charge in [-0.1, -0.05) is 23.2 Å². The van der Waals surface area contributed by atoms with Crippen LogP contribution < -0.4 is 10.6 Å². The van der Waals surface area contributed by atoms with E-state index in [1.165, 1.54) is 0 Å². The normalized spacial score (nSPS) is 21.4. The van der Waals surface area contributed by atoms with E-state index in [4.69, 9.17) is 23.2 Å². The highest BCUT2D eigenvalue weighted by Crippen LogP contribution is 2.21. The van der Waals surface area contributed by atoms with Crippen molar-refractivity contribution in [3.8, 4) is 0 Å². The van der Waals surface area contributed by atoms with Gasteiger partial charge in [0.15, 0.2) is 5.65 Å². The van der Waals surface area contributed by atoms with Gasteiger partial charge in [-0.3, -0.25) is 4.79 Å². The standard InChI is InChI=1S/C14H16Cl2N4O2/c15-9-1-11(16)14-19-10(7-20(14)6-9)2-13(22)18-4-8-3-17-5-12(8)21/h1,6-8,12,17,21H,2-5H2,(H,18,22). The van der Waals surface area contributed by atoms with E-state index in [-0.39, 0.29) is 18.2 Å². The lowest BCUT2D eigenvalue weighted by molar-refractivity contribution is -0.120. The topological polar surface area (TPSA) is 78.7 Å². The molecule has 3 N–H and O–H groups in total. The summed E-state index contributed by atoms with van der Waals surface area (Å²) in [4.78, 5) is 16.3. The number of halogens is 2. The molecule has 3 rings (SSSR count). The second-order valence-electron chi connectivity index (χ2n) is 5.44. The Balaban J connectivity index is 1.63. The van der Waals surface area contributed by atoms with Crippen LogP contribution in [-0.2, 0) is 11.2 Å². The van der Waals surface area contributed by atoms with Gasteiger partial charge in [-0.2, -0.15) is 0 Å². The lowest BCUT2D eigenvalue weighted by Crippen LogP contribution is -2.35. The van der Waals surface area contributed by atoms with Crippen molar-refractivity contribution < 1.29 is 9.90 Å². The number of hydrogen-bond acceptors (Lipinski definition) is 4. The van der Waals surface area contributed by atoms with Crippen LogP contribution in [-0.4, -0.2) is 46.1 Å². The number of aliphatic hydroxyl groups is 1. The molecule has 1 fully saturated rings. The fraction of sp³-hybridized carbons (Fsp3) is 0.429. The fourth-order valence-corrected chi connectivity index (χ4v) is 3.09. The molecule has 1 aliphatic heterocycles. The van der Waals surface area contributed by atoms with Crippen molar-refractivity contribution in [1.82, 2.24) is 20.0 Å². The van der Waals surface area contributed by atoms with Crippen LogP contribution >= 0.6 is 23.2 Å². The first-order valence-electron chi connectivity index (χ1n) is 7.01. The third-order valence-electron chi connectivity index (χ3n) is 3.73. The fourth-order valence-electron chi connectivity index (χ4n) is 2.56. The van der Waals surface area contributed by atoms with Crippen LogP contribution in [0.25, 0.3) is 5.65 Å². The van der Waals surface area contributed by atoms with Crippen molar-refractivity contribution in [3.05, 3.63) is 34.2 Å². The molecule has 2 aromatic rings. The van der Waals surface area contributed by atoms with Crippen LogP contribution in [0.4, 0.5) is 0 Å². The predicted molar refractivity (Wildman–Crippen MR) is 84.3 cm³/mol. The summed E-state index contributed by atoms with van der Waals surface area (Å²) in [6, 6.07) is 1.61. The minimum Gasteiger partial charge on any atom is -0.391 e. The van der Waals surface area contributed by atoms with Gasteiger partial charge in [0.05, 0.1) is 28.3 Å². The number of amides is 1. The van der Waals surface area contributed by atoms with Gasteiger partial charge in [-0.05, 0) is 6.07 Å². The molecule has 0 bridgehead atoms. The van der Waals surface area contributed by atoms with E-state index in [9.17, 15) is 9.90 Å². The Labute approximate surface area is 137 Å². The maximum Gasteiger partial charge on any atom is 0.226 e. The lowest BCUT2D eigenvalue weighted by Gasteiger charge is -2.13. The predicted octanol–water partition coefficient (Wildman–Crippen LogP) is 0.880. The zero-order valence-corrected chi connectivity index (χ0v) is 13.2. The number of β-amino-alcohol motifs (C(OH)–C–C–N with tert-alkyl or cyclic N) is 1. The number of hydrogen-bond donors (Lipinski definition) is 3. The highest BCUT2D eigenvalue weighted by Gasteiger charge is 2.25. The summed E-state index contributed by atoms with van der Waals surface area (Å²) in [6.45, 7) is 1.74. The summed E-state index contributed by atoms with van der Waals surface area (Å²) >= 11 is 12.0. The van der Waals surface area contributed by atoms with Crippen LogP contribution in [0.1, 0.15) is 5.69 Å². The number of aromatic nitrogens is 2. The summed E-state index contributed by atoms with van der Waals surface area (Å²) < 4.78 is 1.71. The molecular weight excluding hydrogens is 327 g/mol. The molecule has 0 aromatic carbocycles. The number of pyridine rings is 1. The molecule has 0 saturated carbocycles. The van der Waals surface area contributed by atoms with Gasteiger partial charge >= 0.3 is 0 Å². The maximum atomic E-state index is 12.0. The molecule has 0 aliphatic carbocycles. The molecule has 2 atom stereocenters. The Kier molecular flexibility index (Phi) is 4.54. The smallest absolute Gasteiger partial charge is 0.226 e. The van der Waals surface area contributed by atoms with E-state index in [1.807, 2.05) is 0 Å². The molecule has 0 radical (unpaired) electrons. The van der Waals surface area contributed by atoms with Gasteiger partial charge < -0.3 is 20.1 Å². The average molecular weight is 343 g/mol. The monoisotopic (exact) mass is 342 g/mol. The number of rotatable bonds is 4. The molecule has 1 saturated heterocycles. The molecule has 1 amide bonds. The van der Waals surface area contributed by atoms with E-state index in [0.717, 1.165) is 0 Å². The summed E-state index contributed by atoms with van der Waals surface area (Å²) in [5, 5.41) is 16.5. The molecule has 22 heavy (non-hydrogen) atoms. The molecule has 2 aromatic heterocycles. The highest BCUT2D eigenvalue weighted by atomic mass is 35.5. The molecule has 8 heteroatoms. The Hall–Kier alpha value is -1.34. The molecule has 6 nitrogen and oxygen atoms in total. The van der Waals surface area contributed by atoms with Gasteiger partial charge in [0, 0.05) is 37.9 Å². The second kappa shape index (κ2) is 6.42. The van der Waals surface area contributed by atoms with Crippen molar-refractivity contribution in [2.45, 2.75) is 12.5 Å². The number of nitrogens with zero attached hydrogens (tertiary/aromatic N) is 2. The third-order valence-corrected chi connectivity index (χ3v) is 4.21. The number of aliphatic hydroxyl groups excluding tert-OH is 1. The van der Waals surface area contributed by atoms with Gasteiger partial charge in [0.1, 0.15) is 0 Å². The number of nitrogens with one attached hydrogen (secondary N) is 2. The third kappa shape index (κ3) is 3.35. The minimum absolute atomic E-state index is 0.0540. The summed E-state index contributed by atoms with van der Waals surface area (Å²) in [6.07, 6.45) is 3.18. The van der Waals surface area contributed by atoms with Crippen molar-refractivity contribution in [1.29, 1.82) is 0 Å². The number of carbonyl (C=O) groups excluding carboxylic acids is 1. The van der Waals surface area contributed by atoms with E-state index < -0.39 is 6.10 Å². The molecular formula is C14H16Cl2N4O2. The van der Waals surface area contributed by atoms with Crippen LogP contribution in [0.5, 0.6) is 0 Å². The minimum atomic E-state index is -0.406. The van der Waals surface area contributed by atoms with Crippen LogP contribution in [0, 0.1) is 5.92 Å². The first-order chi connectivity index (χ1) is 10.5. The Morgan fingerprint density at radius 3 is 3.00 bits per heavy atom. The second-order valence-corrected chi connectivity index (χ2v) is 6.28. The quantitative estimate of drug-likeness (QED) is 0.770. The van der Waals surface area contributed by atoms with Crippen LogP contribution in [0.2, 0.25) is 10.0 Å². The average Bonchev–Trinajstić information content (AvgIpc) is 3.02. The summed E-state index contributed by atoms with van der Waals surface area (Å²) in [5.74, 6) is -0.0806. The first-order valence-corrected chi connectivity index (χ1v) is 7.76. The van der Waals surface area contributed by atoms with Gasteiger partial charge in [0.25, 0.3) is 0 Å². The molecule has 3 heterocycles. The van der Waals surface area contributed by atoms with E-state index >= 15 is 0 Å². The van der Waals surface area contributed by atoms with E-state index in [0.29, 0.717) is 41.0 Å². The van der Waals surface area contributed by atoms with Crippen molar-refractivity contribution in [2.24, 2.45) is 5.92 Å².